The second-order valence-electron chi connectivity index (χ2n) is 10.5. The molecule has 0 bridgehead atoms. The van der Waals surface area contributed by atoms with E-state index in [4.69, 9.17) is 23.7 Å². The fourth-order valence-corrected chi connectivity index (χ4v) is 5.05. The Bertz CT molecular complexity index is 942. The molecule has 0 aromatic heterocycles. The maximum absolute atomic E-state index is 12.3. The van der Waals surface area contributed by atoms with Crippen LogP contribution in [0.2, 0.25) is 0 Å². The minimum atomic E-state index is -2.83. The third kappa shape index (κ3) is 7.58. The first kappa shape index (κ1) is 35.8. The molecule has 0 radical (unpaired) electrons. The van der Waals surface area contributed by atoms with Gasteiger partial charge in [-0.15, -0.1) is 0 Å². The fourth-order valence-electron chi connectivity index (χ4n) is 5.05. The molecule has 20 heteroatoms. The Morgan fingerprint density at radius 1 is 0.930 bits per heavy atom. The highest BCUT2D eigenvalue weighted by Gasteiger charge is 2.57. The quantitative estimate of drug-likeness (QED) is 0.100. The first-order chi connectivity index (χ1) is 20.1. The number of ether oxygens (including phenoxy) is 5. The molecule has 1 amide bonds. The van der Waals surface area contributed by atoms with Crippen LogP contribution in [0.3, 0.4) is 0 Å². The van der Waals surface area contributed by atoms with E-state index in [1.165, 1.54) is 0 Å². The Morgan fingerprint density at radius 3 is 2.14 bits per heavy atom. The number of carbonyl (C=O) groups excluding carboxylic acids is 1. The summed E-state index contributed by atoms with van der Waals surface area (Å²) in [5, 5.41) is 123. The smallest absolute Gasteiger partial charge is 0.364 e. The lowest BCUT2D eigenvalue weighted by molar-refractivity contribution is -0.364. The summed E-state index contributed by atoms with van der Waals surface area (Å²) in [4.78, 5) is 24.0. The predicted octanol–water partition coefficient (Wildman–Crippen LogP) is -8.22. The topological polar surface area (TPSA) is 335 Å². The lowest BCUT2D eigenvalue weighted by atomic mass is 9.88. The SMILES string of the molecule is CC(=O)NC1C(O)CC(OCC2OC(OC3C(CO)OC(O)C(O)C3O)C(O)C(O)C2O)(C(=O)O)OC1[C@@H](O)[C@@H](O)CO. The van der Waals surface area contributed by atoms with E-state index in [9.17, 15) is 70.9 Å². The van der Waals surface area contributed by atoms with Crippen molar-refractivity contribution in [1.82, 2.24) is 5.32 Å². The van der Waals surface area contributed by atoms with Crippen LogP contribution in [0.1, 0.15) is 13.3 Å². The van der Waals surface area contributed by atoms with Crippen LogP contribution in [-0.4, -0.2) is 191 Å². The second-order valence-corrected chi connectivity index (χ2v) is 10.5. The van der Waals surface area contributed by atoms with Crippen molar-refractivity contribution in [3.05, 3.63) is 0 Å². The van der Waals surface area contributed by atoms with E-state index in [-0.39, 0.29) is 0 Å². The number of nitrogens with one attached hydrogen (secondary N) is 1. The molecule has 16 atom stereocenters. The summed E-state index contributed by atoms with van der Waals surface area (Å²) in [5.74, 6) is -5.42. The zero-order chi connectivity index (χ0) is 32.4. The molecule has 3 rings (SSSR count). The molecular weight excluding hydrogens is 594 g/mol. The Labute approximate surface area is 243 Å². The molecular formula is C23H39NO19. The largest absolute Gasteiger partial charge is 0.477 e. The maximum atomic E-state index is 12.3. The minimum absolute atomic E-state index is 0.719. The van der Waals surface area contributed by atoms with Gasteiger partial charge in [0.2, 0.25) is 5.91 Å². The molecule has 0 aliphatic carbocycles. The number of aliphatic hydroxyl groups excluding tert-OH is 11. The minimum Gasteiger partial charge on any atom is -0.477 e. The lowest BCUT2D eigenvalue weighted by Gasteiger charge is -2.48. The number of carboxylic acid groups (broad SMARTS) is 1. The predicted molar refractivity (Wildman–Crippen MR) is 130 cm³/mol. The van der Waals surface area contributed by atoms with E-state index >= 15 is 0 Å². The third-order valence-electron chi connectivity index (χ3n) is 7.47. The van der Waals surface area contributed by atoms with Gasteiger partial charge in [-0.05, 0) is 0 Å². The van der Waals surface area contributed by atoms with Gasteiger partial charge >= 0.3 is 5.97 Å². The summed E-state index contributed by atoms with van der Waals surface area (Å²) in [5.41, 5.74) is 0. The van der Waals surface area contributed by atoms with E-state index in [1.807, 2.05) is 0 Å². The van der Waals surface area contributed by atoms with Crippen molar-refractivity contribution in [2.45, 2.75) is 111 Å². The van der Waals surface area contributed by atoms with Gasteiger partial charge in [0.05, 0.1) is 32.0 Å². The van der Waals surface area contributed by atoms with Gasteiger partial charge in [-0.25, -0.2) is 4.79 Å². The van der Waals surface area contributed by atoms with Crippen molar-refractivity contribution in [1.29, 1.82) is 0 Å². The van der Waals surface area contributed by atoms with Gasteiger partial charge in [-0.3, -0.25) is 4.79 Å². The molecule has 0 saturated carbocycles. The zero-order valence-corrected chi connectivity index (χ0v) is 22.7. The molecule has 3 aliphatic rings. The summed E-state index contributed by atoms with van der Waals surface area (Å²) in [6.07, 6.45) is -27.0. The van der Waals surface area contributed by atoms with E-state index in [2.05, 4.69) is 5.32 Å². The monoisotopic (exact) mass is 633 g/mol. The average molecular weight is 634 g/mol. The number of aliphatic hydroxyl groups is 11. The number of carbonyl (C=O) groups is 2. The molecule has 3 heterocycles. The van der Waals surface area contributed by atoms with Crippen LogP contribution in [0.4, 0.5) is 0 Å². The Kier molecular flexibility index (Phi) is 12.1. The number of hydrogen-bond acceptors (Lipinski definition) is 18. The summed E-state index contributed by atoms with van der Waals surface area (Å²) >= 11 is 0. The van der Waals surface area contributed by atoms with E-state index < -0.39 is 136 Å². The zero-order valence-electron chi connectivity index (χ0n) is 22.7. The Hall–Kier alpha value is -1.70. The van der Waals surface area contributed by atoms with Crippen LogP contribution in [0.15, 0.2) is 0 Å². The van der Waals surface area contributed by atoms with E-state index in [0.29, 0.717) is 0 Å². The molecule has 20 nitrogen and oxygen atoms in total. The molecule has 0 aromatic carbocycles. The number of hydrogen-bond donors (Lipinski definition) is 13. The average Bonchev–Trinajstić information content (AvgIpc) is 2.96. The van der Waals surface area contributed by atoms with Crippen molar-refractivity contribution in [3.8, 4) is 0 Å². The van der Waals surface area contributed by atoms with Crippen LogP contribution in [0.25, 0.3) is 0 Å². The van der Waals surface area contributed by atoms with Crippen LogP contribution in [0.5, 0.6) is 0 Å². The van der Waals surface area contributed by atoms with Crippen molar-refractivity contribution >= 4 is 11.9 Å². The summed E-state index contributed by atoms with van der Waals surface area (Å²) < 4.78 is 26.7. The molecule has 3 fully saturated rings. The van der Waals surface area contributed by atoms with Gasteiger partial charge in [-0.1, -0.05) is 0 Å². The summed E-state index contributed by atoms with van der Waals surface area (Å²) in [6.45, 7) is -1.76. The van der Waals surface area contributed by atoms with Crippen LogP contribution in [-0.2, 0) is 33.3 Å². The van der Waals surface area contributed by atoms with Gasteiger partial charge in [-0.2, -0.15) is 0 Å². The number of rotatable bonds is 11. The Morgan fingerprint density at radius 2 is 1.58 bits per heavy atom. The molecule has 3 aliphatic heterocycles. The normalized spacial score (nSPS) is 45.3. The third-order valence-corrected chi connectivity index (χ3v) is 7.47. The van der Waals surface area contributed by atoms with Gasteiger partial charge in [0.15, 0.2) is 12.6 Å². The molecule has 14 unspecified atom stereocenters. The van der Waals surface area contributed by atoms with Crippen LogP contribution >= 0.6 is 0 Å². The highest BCUT2D eigenvalue weighted by Crippen LogP contribution is 2.35. The van der Waals surface area contributed by atoms with Crippen molar-refractivity contribution in [2.24, 2.45) is 0 Å². The Balaban J connectivity index is 1.82. The molecule has 3 saturated heterocycles. The fraction of sp³-hybridized carbons (Fsp3) is 0.913. The second kappa shape index (κ2) is 14.6. The van der Waals surface area contributed by atoms with Gasteiger partial charge < -0.3 is 90.3 Å². The lowest BCUT2D eigenvalue weighted by Crippen LogP contribution is -2.68. The summed E-state index contributed by atoms with van der Waals surface area (Å²) in [6, 6.07) is -1.48. The highest BCUT2D eigenvalue weighted by molar-refractivity contribution is 5.76. The van der Waals surface area contributed by atoms with Gasteiger partial charge in [0.1, 0.15) is 67.1 Å². The van der Waals surface area contributed by atoms with Crippen molar-refractivity contribution in [3.63, 3.8) is 0 Å². The van der Waals surface area contributed by atoms with Crippen molar-refractivity contribution < 1.29 is 94.6 Å². The summed E-state index contributed by atoms with van der Waals surface area (Å²) in [7, 11) is 0. The highest BCUT2D eigenvalue weighted by atomic mass is 16.8. The van der Waals surface area contributed by atoms with Crippen LogP contribution in [0, 0.1) is 0 Å². The maximum Gasteiger partial charge on any atom is 0.364 e. The van der Waals surface area contributed by atoms with Crippen molar-refractivity contribution in [2.75, 3.05) is 19.8 Å². The van der Waals surface area contributed by atoms with Gasteiger partial charge in [0, 0.05) is 13.3 Å². The first-order valence-electron chi connectivity index (χ1n) is 13.2. The molecule has 0 aromatic rings. The van der Waals surface area contributed by atoms with Gasteiger partial charge in [0.25, 0.3) is 5.79 Å². The van der Waals surface area contributed by atoms with E-state index in [0.717, 1.165) is 6.92 Å². The molecule has 250 valence electrons. The number of carboxylic acids is 1. The van der Waals surface area contributed by atoms with E-state index in [1.54, 1.807) is 0 Å². The number of aliphatic carboxylic acids is 1. The van der Waals surface area contributed by atoms with Crippen LogP contribution < -0.4 is 5.32 Å². The molecule has 13 N–H and O–H groups in total. The standard InChI is InChI=1S/C23H39NO19/c1-6(27)24-11-7(28)2-23(22(37)38,43-19(11)12(30)8(29)3-25)39-5-10-13(31)14(32)17(35)21(41-10)42-18-9(4-26)40-20(36)16(34)15(18)33/h7-21,25-26,28-36H,2-5H2,1H3,(H,24,27)(H,37,38)/t7?,8-,9?,10?,11?,12-,13?,14?,15?,16?,17?,18?,19?,20?,21?,23?/m0/s1. The molecule has 43 heavy (non-hydrogen) atoms. The molecule has 0 spiro atoms. The first-order valence-corrected chi connectivity index (χ1v) is 13.2. The number of amides is 1.